The Morgan fingerprint density at radius 2 is 2.36 bits per heavy atom. The number of hydrogen-bond acceptors (Lipinski definition) is 4. The minimum Gasteiger partial charge on any atom is -0.398 e. The average molecular weight is 204 g/mol. The molecule has 0 saturated heterocycles. The fraction of sp³-hybridized carbons (Fsp3) is 0. The maximum Gasteiger partial charge on any atom is 0.204 e. The number of hydrogen-bond donors (Lipinski definition) is 1. The zero-order chi connectivity index (χ0) is 9.97. The van der Waals surface area contributed by atoms with Crippen LogP contribution in [-0.2, 0) is 0 Å². The first-order valence-electron chi connectivity index (χ1n) is 4.06. The molecule has 0 bridgehead atoms. The number of aromatic nitrogens is 1. The highest BCUT2D eigenvalue weighted by Crippen LogP contribution is 2.19. The summed E-state index contributed by atoms with van der Waals surface area (Å²) in [6.07, 6.45) is 3.19. The second kappa shape index (κ2) is 3.59. The molecule has 4 heteroatoms. The number of nitrogen functional groups attached to an aromatic ring is 1. The van der Waals surface area contributed by atoms with Crippen molar-refractivity contribution in [1.29, 1.82) is 0 Å². The van der Waals surface area contributed by atoms with Crippen LogP contribution in [0, 0.1) is 0 Å². The van der Waals surface area contributed by atoms with Crippen LogP contribution in [0.25, 0.3) is 0 Å². The van der Waals surface area contributed by atoms with E-state index in [2.05, 4.69) is 4.98 Å². The largest absolute Gasteiger partial charge is 0.398 e. The van der Waals surface area contributed by atoms with Crippen molar-refractivity contribution in [2.75, 3.05) is 5.73 Å². The minimum absolute atomic E-state index is 0.0280. The maximum atomic E-state index is 11.8. The Bertz CT molecular complexity index is 450. The number of pyridine rings is 1. The highest BCUT2D eigenvalue weighted by Gasteiger charge is 2.10. The van der Waals surface area contributed by atoms with E-state index in [1.165, 1.54) is 11.3 Å². The first kappa shape index (κ1) is 8.90. The van der Waals surface area contributed by atoms with Gasteiger partial charge in [0.25, 0.3) is 0 Å². The standard InChI is InChI=1S/C10H8N2OS/c11-8-4-9(14-6-8)10(13)7-2-1-3-12-5-7/h1-6H,11H2. The summed E-state index contributed by atoms with van der Waals surface area (Å²) in [6.45, 7) is 0. The van der Waals surface area contributed by atoms with Crippen LogP contribution in [0.15, 0.2) is 36.0 Å². The van der Waals surface area contributed by atoms with Gasteiger partial charge in [-0.1, -0.05) is 0 Å². The van der Waals surface area contributed by atoms with Gasteiger partial charge < -0.3 is 5.73 Å². The van der Waals surface area contributed by atoms with E-state index in [1.807, 2.05) is 0 Å². The molecule has 2 heterocycles. The predicted molar refractivity (Wildman–Crippen MR) is 56.4 cm³/mol. The summed E-state index contributed by atoms with van der Waals surface area (Å²) in [7, 11) is 0. The molecule has 0 atom stereocenters. The number of nitrogens with zero attached hydrogens (tertiary/aromatic N) is 1. The van der Waals surface area contributed by atoms with Gasteiger partial charge in [-0.15, -0.1) is 11.3 Å². The fourth-order valence-corrected chi connectivity index (χ4v) is 1.87. The van der Waals surface area contributed by atoms with E-state index < -0.39 is 0 Å². The smallest absolute Gasteiger partial charge is 0.204 e. The van der Waals surface area contributed by atoms with E-state index in [0.29, 0.717) is 16.1 Å². The van der Waals surface area contributed by atoms with Gasteiger partial charge in [-0.05, 0) is 18.2 Å². The second-order valence-corrected chi connectivity index (χ2v) is 3.73. The lowest BCUT2D eigenvalue weighted by Crippen LogP contribution is -1.98. The van der Waals surface area contributed by atoms with E-state index in [1.54, 1.807) is 36.0 Å². The summed E-state index contributed by atoms with van der Waals surface area (Å²) in [6, 6.07) is 5.16. The summed E-state index contributed by atoms with van der Waals surface area (Å²) in [4.78, 5) is 16.3. The molecule has 0 radical (unpaired) electrons. The Balaban J connectivity index is 2.34. The number of nitrogens with two attached hydrogens (primary N) is 1. The van der Waals surface area contributed by atoms with Gasteiger partial charge in [-0.25, -0.2) is 0 Å². The lowest BCUT2D eigenvalue weighted by atomic mass is 10.1. The van der Waals surface area contributed by atoms with Gasteiger partial charge in [0.15, 0.2) is 0 Å². The van der Waals surface area contributed by atoms with E-state index in [9.17, 15) is 4.79 Å². The highest BCUT2D eigenvalue weighted by molar-refractivity contribution is 7.12. The second-order valence-electron chi connectivity index (χ2n) is 2.82. The topological polar surface area (TPSA) is 56.0 Å². The molecule has 2 aromatic heterocycles. The van der Waals surface area contributed by atoms with Crippen molar-refractivity contribution in [2.45, 2.75) is 0 Å². The van der Waals surface area contributed by atoms with Crippen molar-refractivity contribution in [3.8, 4) is 0 Å². The molecular formula is C10H8N2OS. The summed E-state index contributed by atoms with van der Waals surface area (Å²) in [5, 5.41) is 1.75. The van der Waals surface area contributed by atoms with E-state index in [0.717, 1.165) is 0 Å². The van der Waals surface area contributed by atoms with Gasteiger partial charge in [0.1, 0.15) is 0 Å². The summed E-state index contributed by atoms with van der Waals surface area (Å²) in [5.41, 5.74) is 6.76. The SMILES string of the molecule is Nc1csc(C(=O)c2cccnc2)c1. The molecule has 2 aromatic rings. The molecule has 2 N–H and O–H groups in total. The Morgan fingerprint density at radius 1 is 1.50 bits per heavy atom. The Morgan fingerprint density at radius 3 is 2.93 bits per heavy atom. The normalized spacial score (nSPS) is 10.0. The van der Waals surface area contributed by atoms with Gasteiger partial charge in [0.2, 0.25) is 5.78 Å². The van der Waals surface area contributed by atoms with Gasteiger partial charge in [0, 0.05) is 29.0 Å². The maximum absolute atomic E-state index is 11.8. The van der Waals surface area contributed by atoms with E-state index in [4.69, 9.17) is 5.73 Å². The molecule has 14 heavy (non-hydrogen) atoms. The number of ketones is 1. The zero-order valence-corrected chi connectivity index (χ0v) is 8.12. The van der Waals surface area contributed by atoms with Crippen LogP contribution < -0.4 is 5.73 Å². The zero-order valence-electron chi connectivity index (χ0n) is 7.31. The molecule has 0 unspecified atom stereocenters. The first-order valence-corrected chi connectivity index (χ1v) is 4.94. The van der Waals surface area contributed by atoms with Crippen molar-refractivity contribution < 1.29 is 4.79 Å². The van der Waals surface area contributed by atoms with Crippen LogP contribution in [-0.4, -0.2) is 10.8 Å². The lowest BCUT2D eigenvalue weighted by Gasteiger charge is -1.95. The summed E-state index contributed by atoms with van der Waals surface area (Å²) in [5.74, 6) is -0.0280. The molecule has 0 saturated carbocycles. The van der Waals surface area contributed by atoms with Crippen molar-refractivity contribution >= 4 is 22.8 Å². The molecule has 70 valence electrons. The summed E-state index contributed by atoms with van der Waals surface area (Å²) < 4.78 is 0. The third kappa shape index (κ3) is 1.65. The molecule has 0 aliphatic heterocycles. The molecule has 0 spiro atoms. The monoisotopic (exact) mass is 204 g/mol. The molecule has 3 nitrogen and oxygen atoms in total. The van der Waals surface area contributed by atoms with Crippen LogP contribution in [0.5, 0.6) is 0 Å². The molecule has 0 aromatic carbocycles. The lowest BCUT2D eigenvalue weighted by molar-refractivity contribution is 0.104. The molecule has 2 rings (SSSR count). The van der Waals surface area contributed by atoms with Crippen LogP contribution in [0.2, 0.25) is 0 Å². The van der Waals surface area contributed by atoms with Gasteiger partial charge in [-0.2, -0.15) is 0 Å². The molecular weight excluding hydrogens is 196 g/mol. The quantitative estimate of drug-likeness (QED) is 0.761. The highest BCUT2D eigenvalue weighted by atomic mass is 32.1. The van der Waals surface area contributed by atoms with E-state index in [-0.39, 0.29) is 5.78 Å². The van der Waals surface area contributed by atoms with Crippen LogP contribution in [0.4, 0.5) is 5.69 Å². The Kier molecular flexibility index (Phi) is 2.28. The molecule has 0 aliphatic rings. The number of carbonyl (C=O) groups excluding carboxylic acids is 1. The van der Waals surface area contributed by atoms with Crippen molar-refractivity contribution in [2.24, 2.45) is 0 Å². The first-order chi connectivity index (χ1) is 6.77. The van der Waals surface area contributed by atoms with E-state index >= 15 is 0 Å². The van der Waals surface area contributed by atoms with Gasteiger partial charge in [0.05, 0.1) is 4.88 Å². The average Bonchev–Trinajstić information content (AvgIpc) is 2.65. The number of rotatable bonds is 2. The van der Waals surface area contributed by atoms with Crippen LogP contribution in [0.1, 0.15) is 15.2 Å². The predicted octanol–water partition coefficient (Wildman–Crippen LogP) is 1.96. The third-order valence-electron chi connectivity index (χ3n) is 1.77. The van der Waals surface area contributed by atoms with Crippen molar-refractivity contribution in [3.63, 3.8) is 0 Å². The van der Waals surface area contributed by atoms with Crippen molar-refractivity contribution in [3.05, 3.63) is 46.4 Å². The number of carbonyl (C=O) groups is 1. The Hall–Kier alpha value is -1.68. The third-order valence-corrected chi connectivity index (χ3v) is 2.71. The number of anilines is 1. The van der Waals surface area contributed by atoms with Gasteiger partial charge >= 0.3 is 0 Å². The molecule has 0 amide bonds. The van der Waals surface area contributed by atoms with Crippen LogP contribution >= 0.6 is 11.3 Å². The number of thiophene rings is 1. The molecule has 0 fully saturated rings. The molecule has 0 aliphatic carbocycles. The van der Waals surface area contributed by atoms with Crippen molar-refractivity contribution in [1.82, 2.24) is 4.98 Å². The Labute approximate surface area is 85.2 Å². The van der Waals surface area contributed by atoms with Gasteiger partial charge in [-0.3, -0.25) is 9.78 Å². The van der Waals surface area contributed by atoms with Crippen LogP contribution in [0.3, 0.4) is 0 Å². The summed E-state index contributed by atoms with van der Waals surface area (Å²) >= 11 is 1.35. The fourth-order valence-electron chi connectivity index (χ4n) is 1.11. The minimum atomic E-state index is -0.0280.